The summed E-state index contributed by atoms with van der Waals surface area (Å²) in [5.41, 5.74) is 3.06. The van der Waals surface area contributed by atoms with E-state index in [4.69, 9.17) is 4.74 Å². The van der Waals surface area contributed by atoms with E-state index in [9.17, 15) is 9.59 Å². The Morgan fingerprint density at radius 3 is 2.57 bits per heavy atom. The van der Waals surface area contributed by atoms with Gasteiger partial charge in [-0.3, -0.25) is 14.5 Å². The molecule has 6 heteroatoms. The highest BCUT2D eigenvalue weighted by Gasteiger charge is 2.36. The van der Waals surface area contributed by atoms with Gasteiger partial charge in [0.1, 0.15) is 18.8 Å². The zero-order valence-electron chi connectivity index (χ0n) is 17.8. The fourth-order valence-electron chi connectivity index (χ4n) is 4.22. The molecule has 2 aromatic rings. The molecule has 0 spiro atoms. The van der Waals surface area contributed by atoms with Crippen LogP contribution in [0.5, 0.6) is 5.75 Å². The number of benzene rings is 2. The fourth-order valence-corrected chi connectivity index (χ4v) is 4.22. The number of rotatable bonds is 5. The van der Waals surface area contributed by atoms with Crippen LogP contribution in [0, 0.1) is 6.92 Å². The van der Waals surface area contributed by atoms with Crippen LogP contribution >= 0.6 is 0 Å². The van der Waals surface area contributed by atoms with Gasteiger partial charge in [0.15, 0.2) is 6.10 Å². The van der Waals surface area contributed by atoms with Gasteiger partial charge in [-0.2, -0.15) is 0 Å². The van der Waals surface area contributed by atoms with Crippen LogP contribution < -0.4 is 14.5 Å². The van der Waals surface area contributed by atoms with Crippen molar-refractivity contribution in [3.63, 3.8) is 0 Å². The van der Waals surface area contributed by atoms with Crippen LogP contribution in [0.15, 0.2) is 48.5 Å². The van der Waals surface area contributed by atoms with Gasteiger partial charge in [-0.25, -0.2) is 0 Å². The van der Waals surface area contributed by atoms with Crippen molar-refractivity contribution in [1.82, 2.24) is 4.90 Å². The molecule has 158 valence electrons. The van der Waals surface area contributed by atoms with E-state index < -0.39 is 6.10 Å². The molecule has 1 N–H and O–H groups in total. The van der Waals surface area contributed by atoms with Gasteiger partial charge in [0, 0.05) is 5.56 Å². The second-order valence-electron chi connectivity index (χ2n) is 8.20. The highest BCUT2D eigenvalue weighted by molar-refractivity contribution is 6.03. The highest BCUT2D eigenvalue weighted by atomic mass is 16.5. The Bertz CT molecular complexity index is 907. The predicted molar refractivity (Wildman–Crippen MR) is 116 cm³/mol. The zero-order chi connectivity index (χ0) is 21.1. The summed E-state index contributed by atoms with van der Waals surface area (Å²) < 4.78 is 5.86. The van der Waals surface area contributed by atoms with Crippen LogP contribution in [0.4, 0.5) is 5.69 Å². The van der Waals surface area contributed by atoms with Gasteiger partial charge in [0.2, 0.25) is 5.91 Å². The van der Waals surface area contributed by atoms with E-state index in [0.717, 1.165) is 38.3 Å². The monoisotopic (exact) mass is 408 g/mol. The van der Waals surface area contributed by atoms with E-state index in [1.165, 1.54) is 10.5 Å². The second kappa shape index (κ2) is 8.88. The molecule has 0 aromatic heterocycles. The normalized spacial score (nSPS) is 19.4. The number of quaternary nitrogens is 1. The molecule has 2 amide bonds. The van der Waals surface area contributed by atoms with Crippen LogP contribution in [0.1, 0.15) is 24.5 Å². The summed E-state index contributed by atoms with van der Waals surface area (Å²) in [7, 11) is 0. The molecule has 0 saturated carbocycles. The van der Waals surface area contributed by atoms with E-state index in [2.05, 4.69) is 24.3 Å². The summed E-state index contributed by atoms with van der Waals surface area (Å²) >= 11 is 0. The van der Waals surface area contributed by atoms with E-state index in [0.29, 0.717) is 17.9 Å². The molecular formula is C24H30N3O3+. The molecule has 1 saturated heterocycles. The third kappa shape index (κ3) is 4.33. The van der Waals surface area contributed by atoms with Gasteiger partial charge in [0.05, 0.1) is 31.9 Å². The molecule has 2 aliphatic rings. The van der Waals surface area contributed by atoms with E-state index >= 15 is 0 Å². The fraction of sp³-hybridized carbons (Fsp3) is 0.417. The van der Waals surface area contributed by atoms with Crippen molar-refractivity contribution in [2.45, 2.75) is 32.9 Å². The van der Waals surface area contributed by atoms with Crippen molar-refractivity contribution in [1.29, 1.82) is 0 Å². The van der Waals surface area contributed by atoms with Crippen LogP contribution in [-0.4, -0.2) is 55.5 Å². The van der Waals surface area contributed by atoms with Gasteiger partial charge >= 0.3 is 0 Å². The van der Waals surface area contributed by atoms with Crippen molar-refractivity contribution in [3.8, 4) is 5.75 Å². The first-order valence-corrected chi connectivity index (χ1v) is 10.8. The minimum atomic E-state index is -0.528. The Morgan fingerprint density at radius 2 is 1.87 bits per heavy atom. The maximum absolute atomic E-state index is 13.0. The standard InChI is InChI=1S/C24H29N3O3/c1-3-21-24(29)27(20-15-18(2)9-10-22(20)30-21)17-23(28)26-13-11-25(12-14-26)16-19-7-5-4-6-8-19/h4-10,15,21H,3,11-14,16-17H2,1-2H3/p+1/t21-/m1/s1. The van der Waals surface area contributed by atoms with Gasteiger partial charge in [-0.05, 0) is 31.0 Å². The lowest BCUT2D eigenvalue weighted by Crippen LogP contribution is -3.13. The predicted octanol–water partition coefficient (Wildman–Crippen LogP) is 1.43. The van der Waals surface area contributed by atoms with Crippen molar-refractivity contribution in [2.75, 3.05) is 37.6 Å². The lowest BCUT2D eigenvalue weighted by atomic mass is 10.1. The van der Waals surface area contributed by atoms with Gasteiger partial charge in [0.25, 0.3) is 5.91 Å². The second-order valence-corrected chi connectivity index (χ2v) is 8.20. The molecule has 0 bridgehead atoms. The number of anilines is 1. The van der Waals surface area contributed by atoms with Gasteiger partial charge in [-0.1, -0.05) is 43.3 Å². The minimum Gasteiger partial charge on any atom is -0.478 e. The largest absolute Gasteiger partial charge is 0.478 e. The van der Waals surface area contributed by atoms with Crippen LogP contribution in [-0.2, 0) is 16.1 Å². The summed E-state index contributed by atoms with van der Waals surface area (Å²) in [6, 6.07) is 16.3. The molecule has 1 atom stereocenters. The number of fused-ring (bicyclic) bond motifs is 1. The molecule has 1 fully saturated rings. The number of carbonyl (C=O) groups is 2. The van der Waals surface area contributed by atoms with E-state index in [-0.39, 0.29) is 18.4 Å². The zero-order valence-corrected chi connectivity index (χ0v) is 17.8. The number of nitrogens with zero attached hydrogens (tertiary/aromatic N) is 2. The number of amides is 2. The number of hydrogen-bond acceptors (Lipinski definition) is 3. The molecule has 4 rings (SSSR count). The molecule has 2 aromatic carbocycles. The number of ether oxygens (including phenoxy) is 1. The third-order valence-corrected chi connectivity index (χ3v) is 6.00. The Labute approximate surface area is 178 Å². The number of nitrogens with one attached hydrogen (secondary N) is 1. The molecule has 6 nitrogen and oxygen atoms in total. The molecule has 30 heavy (non-hydrogen) atoms. The molecule has 2 heterocycles. The lowest BCUT2D eigenvalue weighted by molar-refractivity contribution is -0.917. The quantitative estimate of drug-likeness (QED) is 0.814. The molecular weight excluding hydrogens is 378 g/mol. The van der Waals surface area contributed by atoms with Crippen molar-refractivity contribution in [3.05, 3.63) is 59.7 Å². The third-order valence-electron chi connectivity index (χ3n) is 6.00. The van der Waals surface area contributed by atoms with Crippen LogP contribution in [0.25, 0.3) is 0 Å². The molecule has 0 aliphatic carbocycles. The molecule has 0 radical (unpaired) electrons. The summed E-state index contributed by atoms with van der Waals surface area (Å²) in [6.07, 6.45) is 0.0541. The number of aryl methyl sites for hydroxylation is 1. The van der Waals surface area contributed by atoms with Gasteiger partial charge < -0.3 is 14.5 Å². The highest BCUT2D eigenvalue weighted by Crippen LogP contribution is 2.35. The van der Waals surface area contributed by atoms with Gasteiger partial charge in [-0.15, -0.1) is 0 Å². The Morgan fingerprint density at radius 1 is 1.13 bits per heavy atom. The number of hydrogen-bond donors (Lipinski definition) is 1. The van der Waals surface area contributed by atoms with Crippen molar-refractivity contribution < 1.29 is 19.2 Å². The van der Waals surface area contributed by atoms with Crippen LogP contribution in [0.2, 0.25) is 0 Å². The lowest BCUT2D eigenvalue weighted by Gasteiger charge is -2.36. The Kier molecular flexibility index (Phi) is 6.04. The maximum Gasteiger partial charge on any atom is 0.268 e. The van der Waals surface area contributed by atoms with Crippen LogP contribution in [0.3, 0.4) is 0 Å². The Hall–Kier alpha value is -2.86. The summed E-state index contributed by atoms with van der Waals surface area (Å²) in [5.74, 6) is 0.556. The summed E-state index contributed by atoms with van der Waals surface area (Å²) in [4.78, 5) is 31.0. The number of carbonyl (C=O) groups excluding carboxylic acids is 2. The first-order chi connectivity index (χ1) is 14.5. The minimum absolute atomic E-state index is 0.00585. The van der Waals surface area contributed by atoms with E-state index in [1.807, 2.05) is 43.0 Å². The Balaban J connectivity index is 1.40. The number of piperazine rings is 1. The molecule has 0 unspecified atom stereocenters. The first kappa shape index (κ1) is 20.4. The van der Waals surface area contributed by atoms with Crippen molar-refractivity contribution in [2.24, 2.45) is 0 Å². The average Bonchev–Trinajstić information content (AvgIpc) is 2.77. The topological polar surface area (TPSA) is 54.3 Å². The smallest absolute Gasteiger partial charge is 0.268 e. The summed E-state index contributed by atoms with van der Waals surface area (Å²) in [6.45, 7) is 8.24. The molecule has 2 aliphatic heterocycles. The van der Waals surface area contributed by atoms with Crippen molar-refractivity contribution >= 4 is 17.5 Å². The SMILES string of the molecule is CC[C@H]1Oc2ccc(C)cc2N(CC(=O)N2CC[NH+](Cc3ccccc3)CC2)C1=O. The first-order valence-electron chi connectivity index (χ1n) is 10.8. The summed E-state index contributed by atoms with van der Waals surface area (Å²) in [5, 5.41) is 0. The average molecular weight is 409 g/mol. The maximum atomic E-state index is 13.0. The van der Waals surface area contributed by atoms with E-state index in [1.54, 1.807) is 4.90 Å².